The third-order valence-electron chi connectivity index (χ3n) is 3.56. The SMILES string of the molecule is CC1(C)O[C@@H]2[C@H](CSc3ccccc3)NCC=C[C@H]2O1. The molecule has 20 heavy (non-hydrogen) atoms. The zero-order valence-corrected chi connectivity index (χ0v) is 12.7. The van der Waals surface area contributed by atoms with Gasteiger partial charge in [0.05, 0.1) is 0 Å². The summed E-state index contributed by atoms with van der Waals surface area (Å²) >= 11 is 1.86. The summed E-state index contributed by atoms with van der Waals surface area (Å²) in [5, 5.41) is 3.55. The van der Waals surface area contributed by atoms with Crippen LogP contribution in [0.2, 0.25) is 0 Å². The van der Waals surface area contributed by atoms with Gasteiger partial charge in [0.1, 0.15) is 12.2 Å². The number of hydrogen-bond acceptors (Lipinski definition) is 4. The van der Waals surface area contributed by atoms with Crippen molar-refractivity contribution in [3.8, 4) is 0 Å². The maximum atomic E-state index is 6.08. The van der Waals surface area contributed by atoms with E-state index in [-0.39, 0.29) is 12.2 Å². The van der Waals surface area contributed by atoms with Gasteiger partial charge in [0.25, 0.3) is 0 Å². The Kier molecular flexibility index (Phi) is 4.17. The first-order chi connectivity index (χ1) is 9.64. The van der Waals surface area contributed by atoms with Crippen molar-refractivity contribution < 1.29 is 9.47 Å². The zero-order chi connectivity index (χ0) is 14.0. The van der Waals surface area contributed by atoms with Crippen molar-refractivity contribution in [2.45, 2.75) is 42.8 Å². The molecule has 3 rings (SSSR count). The maximum Gasteiger partial charge on any atom is 0.164 e. The molecule has 108 valence electrons. The molecule has 0 amide bonds. The Bertz CT molecular complexity index is 475. The van der Waals surface area contributed by atoms with Crippen molar-refractivity contribution >= 4 is 11.8 Å². The van der Waals surface area contributed by atoms with E-state index in [1.54, 1.807) is 0 Å². The summed E-state index contributed by atoms with van der Waals surface area (Å²) in [6.45, 7) is 4.84. The van der Waals surface area contributed by atoms with E-state index in [0.29, 0.717) is 6.04 Å². The average molecular weight is 291 g/mol. The van der Waals surface area contributed by atoms with Crippen LogP contribution in [0, 0.1) is 0 Å². The van der Waals surface area contributed by atoms with E-state index in [1.807, 2.05) is 31.7 Å². The lowest BCUT2D eigenvalue weighted by Gasteiger charge is -2.25. The minimum Gasteiger partial charge on any atom is -0.343 e. The lowest BCUT2D eigenvalue weighted by atomic mass is 10.1. The highest BCUT2D eigenvalue weighted by Gasteiger charge is 2.44. The van der Waals surface area contributed by atoms with E-state index in [9.17, 15) is 0 Å². The molecule has 0 bridgehead atoms. The Labute approximate surface area is 124 Å². The minimum atomic E-state index is -0.492. The number of rotatable bonds is 3. The summed E-state index contributed by atoms with van der Waals surface area (Å²) < 4.78 is 12.0. The van der Waals surface area contributed by atoms with Crippen LogP contribution < -0.4 is 5.32 Å². The van der Waals surface area contributed by atoms with Crippen LogP contribution in [0.25, 0.3) is 0 Å². The molecular weight excluding hydrogens is 270 g/mol. The lowest BCUT2D eigenvalue weighted by Crippen LogP contribution is -2.45. The van der Waals surface area contributed by atoms with Gasteiger partial charge in [0.15, 0.2) is 5.79 Å². The van der Waals surface area contributed by atoms with Gasteiger partial charge in [-0.25, -0.2) is 0 Å². The summed E-state index contributed by atoms with van der Waals surface area (Å²) in [6, 6.07) is 10.8. The second kappa shape index (κ2) is 5.90. The minimum absolute atomic E-state index is 0.0568. The van der Waals surface area contributed by atoms with Crippen molar-refractivity contribution in [2.75, 3.05) is 12.3 Å². The van der Waals surface area contributed by atoms with Gasteiger partial charge in [0.2, 0.25) is 0 Å². The van der Waals surface area contributed by atoms with Crippen LogP contribution in [0.5, 0.6) is 0 Å². The fourth-order valence-corrected chi connectivity index (χ4v) is 3.70. The Morgan fingerprint density at radius 2 is 2.05 bits per heavy atom. The van der Waals surface area contributed by atoms with Crippen molar-refractivity contribution in [2.24, 2.45) is 0 Å². The summed E-state index contributed by atoms with van der Waals surface area (Å²) in [5.41, 5.74) is 0. The Morgan fingerprint density at radius 1 is 1.25 bits per heavy atom. The number of fused-ring (bicyclic) bond motifs is 1. The molecule has 1 saturated heterocycles. The predicted octanol–water partition coefficient (Wildman–Crippen LogP) is 2.83. The molecule has 1 aromatic rings. The number of benzene rings is 1. The molecule has 2 heterocycles. The van der Waals surface area contributed by atoms with Crippen LogP contribution in [0.15, 0.2) is 47.4 Å². The molecule has 0 unspecified atom stereocenters. The number of nitrogens with one attached hydrogen (secondary N) is 1. The first-order valence-electron chi connectivity index (χ1n) is 7.08. The van der Waals surface area contributed by atoms with Crippen LogP contribution in [-0.2, 0) is 9.47 Å². The van der Waals surface area contributed by atoms with Crippen molar-refractivity contribution in [1.82, 2.24) is 5.32 Å². The number of hydrogen-bond donors (Lipinski definition) is 1. The lowest BCUT2D eigenvalue weighted by molar-refractivity contribution is -0.145. The molecule has 2 aliphatic heterocycles. The van der Waals surface area contributed by atoms with Gasteiger partial charge in [-0.1, -0.05) is 30.4 Å². The molecule has 0 saturated carbocycles. The third-order valence-corrected chi connectivity index (χ3v) is 4.69. The van der Waals surface area contributed by atoms with Gasteiger partial charge < -0.3 is 14.8 Å². The van der Waals surface area contributed by atoms with Gasteiger partial charge in [-0.05, 0) is 26.0 Å². The number of ether oxygens (including phenoxy) is 2. The first kappa shape index (κ1) is 14.1. The Balaban J connectivity index is 1.66. The molecule has 0 radical (unpaired) electrons. The quantitative estimate of drug-likeness (QED) is 0.685. The molecule has 3 atom stereocenters. The fraction of sp³-hybridized carbons (Fsp3) is 0.500. The van der Waals surface area contributed by atoms with Crippen LogP contribution in [0.1, 0.15) is 13.8 Å². The third kappa shape index (κ3) is 3.26. The largest absolute Gasteiger partial charge is 0.343 e. The van der Waals surface area contributed by atoms with Crippen LogP contribution in [-0.4, -0.2) is 36.3 Å². The van der Waals surface area contributed by atoms with Gasteiger partial charge in [0, 0.05) is 23.2 Å². The van der Waals surface area contributed by atoms with E-state index < -0.39 is 5.79 Å². The van der Waals surface area contributed by atoms with Gasteiger partial charge in [-0.15, -0.1) is 11.8 Å². The Morgan fingerprint density at radius 3 is 2.85 bits per heavy atom. The highest BCUT2D eigenvalue weighted by Crippen LogP contribution is 2.33. The smallest absolute Gasteiger partial charge is 0.164 e. The summed E-state index contributed by atoms with van der Waals surface area (Å²) in [6.07, 6.45) is 4.40. The highest BCUT2D eigenvalue weighted by atomic mass is 32.2. The van der Waals surface area contributed by atoms with E-state index in [1.165, 1.54) is 4.90 Å². The topological polar surface area (TPSA) is 30.5 Å². The van der Waals surface area contributed by atoms with Crippen LogP contribution in [0.3, 0.4) is 0 Å². The molecule has 1 aromatic carbocycles. The van der Waals surface area contributed by atoms with Crippen LogP contribution in [0.4, 0.5) is 0 Å². The zero-order valence-electron chi connectivity index (χ0n) is 11.9. The Hall–Kier alpha value is -0.810. The summed E-state index contributed by atoms with van der Waals surface area (Å²) in [4.78, 5) is 1.29. The molecule has 2 aliphatic rings. The molecule has 0 aromatic heterocycles. The van der Waals surface area contributed by atoms with E-state index >= 15 is 0 Å². The van der Waals surface area contributed by atoms with E-state index in [0.717, 1.165) is 12.3 Å². The van der Waals surface area contributed by atoms with E-state index in [4.69, 9.17) is 9.47 Å². The van der Waals surface area contributed by atoms with Gasteiger partial charge >= 0.3 is 0 Å². The standard InChI is InChI=1S/C16H21NO2S/c1-16(2)18-14-9-6-10-17-13(15(14)19-16)11-20-12-7-4-3-5-8-12/h3-9,13-15,17H,10-11H2,1-2H3/t13-,14+,15+/m0/s1. The fourth-order valence-electron chi connectivity index (χ4n) is 2.67. The van der Waals surface area contributed by atoms with Gasteiger partial charge in [-0.3, -0.25) is 0 Å². The summed E-state index contributed by atoms with van der Waals surface area (Å²) in [5.74, 6) is 0.487. The van der Waals surface area contributed by atoms with Crippen molar-refractivity contribution in [1.29, 1.82) is 0 Å². The van der Waals surface area contributed by atoms with Crippen molar-refractivity contribution in [3.63, 3.8) is 0 Å². The van der Waals surface area contributed by atoms with Crippen LogP contribution >= 0.6 is 11.8 Å². The predicted molar refractivity (Wildman–Crippen MR) is 81.9 cm³/mol. The second-order valence-electron chi connectivity index (χ2n) is 5.63. The molecule has 1 fully saturated rings. The molecule has 0 aliphatic carbocycles. The monoisotopic (exact) mass is 291 g/mol. The van der Waals surface area contributed by atoms with E-state index in [2.05, 4.69) is 41.7 Å². The van der Waals surface area contributed by atoms with Gasteiger partial charge in [-0.2, -0.15) is 0 Å². The highest BCUT2D eigenvalue weighted by molar-refractivity contribution is 7.99. The average Bonchev–Trinajstić information content (AvgIpc) is 2.63. The maximum absolute atomic E-state index is 6.08. The second-order valence-corrected chi connectivity index (χ2v) is 6.73. The first-order valence-corrected chi connectivity index (χ1v) is 8.06. The van der Waals surface area contributed by atoms with Crippen molar-refractivity contribution in [3.05, 3.63) is 42.5 Å². The molecule has 1 N–H and O–H groups in total. The summed E-state index contributed by atoms with van der Waals surface area (Å²) in [7, 11) is 0. The molecule has 3 nitrogen and oxygen atoms in total. The molecule has 4 heteroatoms. The number of thioether (sulfide) groups is 1. The normalized spacial score (nSPS) is 31.8. The molecular formula is C16H21NO2S. The molecule has 0 spiro atoms.